The van der Waals surface area contributed by atoms with E-state index in [-0.39, 0.29) is 18.4 Å². The van der Waals surface area contributed by atoms with Crippen LogP contribution in [0.1, 0.15) is 29.2 Å². The lowest BCUT2D eigenvalue weighted by atomic mass is 10.0. The summed E-state index contributed by atoms with van der Waals surface area (Å²) in [5.74, 6) is -0.544. The summed E-state index contributed by atoms with van der Waals surface area (Å²) in [5, 5.41) is 0.584. The highest BCUT2D eigenvalue weighted by molar-refractivity contribution is 6.35. The van der Waals surface area contributed by atoms with E-state index in [0.717, 1.165) is 16.7 Å². The van der Waals surface area contributed by atoms with E-state index >= 15 is 0 Å². The van der Waals surface area contributed by atoms with Gasteiger partial charge in [-0.25, -0.2) is 0 Å². The minimum Gasteiger partial charge on any atom is -0.362 e. The lowest BCUT2D eigenvalue weighted by Gasteiger charge is -2.25. The fraction of sp³-hybridized carbons (Fsp3) is 0.185. The van der Waals surface area contributed by atoms with Crippen molar-refractivity contribution in [3.05, 3.63) is 112 Å². The standard InChI is InChI=1S/C27H25ClN2O2/c1-3-29(17-20-7-5-4-6-8-20)25-24(22-13-15-23(28)16-14-22)26(31)30(27(25)32)18-21-11-9-19(2)10-12-21/h4-16H,3,17-18H2,1-2H3. The Bertz CT molecular complexity index is 1150. The molecule has 32 heavy (non-hydrogen) atoms. The van der Waals surface area contributed by atoms with Crippen LogP contribution in [0.15, 0.2) is 84.6 Å². The molecule has 0 unspecified atom stereocenters. The van der Waals surface area contributed by atoms with Gasteiger partial charge in [0.05, 0.1) is 12.1 Å². The number of benzene rings is 3. The molecule has 5 heteroatoms. The molecule has 0 saturated heterocycles. The quantitative estimate of drug-likeness (QED) is 0.455. The molecule has 3 aromatic carbocycles. The maximum Gasteiger partial charge on any atom is 0.278 e. The average molecular weight is 445 g/mol. The van der Waals surface area contributed by atoms with Crippen molar-refractivity contribution < 1.29 is 9.59 Å². The summed E-state index contributed by atoms with van der Waals surface area (Å²) in [6.45, 7) is 5.38. The van der Waals surface area contributed by atoms with E-state index in [4.69, 9.17) is 11.6 Å². The first-order chi connectivity index (χ1) is 15.5. The summed E-state index contributed by atoms with van der Waals surface area (Å²) in [7, 11) is 0. The molecular formula is C27H25ClN2O2. The molecule has 3 aromatic rings. The molecule has 0 spiro atoms. The Labute approximate surface area is 193 Å². The number of amides is 2. The first-order valence-electron chi connectivity index (χ1n) is 10.7. The molecule has 0 aromatic heterocycles. The maximum atomic E-state index is 13.6. The number of carbonyl (C=O) groups is 2. The molecular weight excluding hydrogens is 420 g/mol. The van der Waals surface area contributed by atoms with Crippen LogP contribution in [0.2, 0.25) is 5.02 Å². The van der Waals surface area contributed by atoms with Gasteiger partial charge in [-0.1, -0.05) is 83.9 Å². The number of hydrogen-bond acceptors (Lipinski definition) is 3. The van der Waals surface area contributed by atoms with Crippen molar-refractivity contribution in [2.24, 2.45) is 0 Å². The van der Waals surface area contributed by atoms with Crippen LogP contribution >= 0.6 is 11.6 Å². The van der Waals surface area contributed by atoms with E-state index in [1.54, 1.807) is 24.3 Å². The van der Waals surface area contributed by atoms with Crippen molar-refractivity contribution in [2.75, 3.05) is 6.54 Å². The number of likely N-dealkylation sites (N-methyl/N-ethyl adjacent to an activating group) is 1. The Morgan fingerprint density at radius 2 is 1.47 bits per heavy atom. The zero-order chi connectivity index (χ0) is 22.7. The van der Waals surface area contributed by atoms with Gasteiger partial charge in [-0.15, -0.1) is 0 Å². The third-order valence-corrected chi connectivity index (χ3v) is 5.90. The molecule has 0 aliphatic carbocycles. The predicted octanol–water partition coefficient (Wildman–Crippen LogP) is 5.45. The fourth-order valence-electron chi connectivity index (χ4n) is 3.91. The van der Waals surface area contributed by atoms with Crippen LogP contribution in [-0.2, 0) is 22.7 Å². The molecule has 0 atom stereocenters. The summed E-state index contributed by atoms with van der Waals surface area (Å²) in [6.07, 6.45) is 0. The minimum atomic E-state index is -0.278. The highest BCUT2D eigenvalue weighted by Crippen LogP contribution is 2.34. The Kier molecular flexibility index (Phi) is 6.42. The Morgan fingerprint density at radius 3 is 2.09 bits per heavy atom. The first-order valence-corrected chi connectivity index (χ1v) is 11.1. The second kappa shape index (κ2) is 9.41. The third-order valence-electron chi connectivity index (χ3n) is 5.65. The molecule has 1 aliphatic rings. The van der Waals surface area contributed by atoms with Gasteiger partial charge in [0.1, 0.15) is 5.70 Å². The molecule has 0 saturated carbocycles. The van der Waals surface area contributed by atoms with Gasteiger partial charge in [-0.3, -0.25) is 14.5 Å². The predicted molar refractivity (Wildman–Crippen MR) is 128 cm³/mol. The molecule has 1 aliphatic heterocycles. The topological polar surface area (TPSA) is 40.6 Å². The summed E-state index contributed by atoms with van der Waals surface area (Å²) in [5.41, 5.74) is 4.69. The summed E-state index contributed by atoms with van der Waals surface area (Å²) < 4.78 is 0. The molecule has 1 heterocycles. The number of imide groups is 1. The zero-order valence-electron chi connectivity index (χ0n) is 18.2. The fourth-order valence-corrected chi connectivity index (χ4v) is 4.03. The Hall–Kier alpha value is -3.37. The molecule has 0 N–H and O–H groups in total. The third kappa shape index (κ3) is 4.46. The highest BCUT2D eigenvalue weighted by Gasteiger charge is 2.41. The van der Waals surface area contributed by atoms with Crippen molar-refractivity contribution in [3.63, 3.8) is 0 Å². The van der Waals surface area contributed by atoms with Crippen LogP contribution in [0.25, 0.3) is 5.57 Å². The van der Waals surface area contributed by atoms with Crippen LogP contribution in [0.5, 0.6) is 0 Å². The molecule has 2 amide bonds. The van der Waals surface area contributed by atoms with Gasteiger partial charge in [-0.05, 0) is 42.7 Å². The molecule has 0 radical (unpaired) electrons. The molecule has 4 nitrogen and oxygen atoms in total. The summed E-state index contributed by atoms with van der Waals surface area (Å²) >= 11 is 6.08. The second-order valence-corrected chi connectivity index (χ2v) is 8.35. The monoisotopic (exact) mass is 444 g/mol. The molecule has 162 valence electrons. The van der Waals surface area contributed by atoms with Crippen molar-refractivity contribution in [1.82, 2.24) is 9.80 Å². The van der Waals surface area contributed by atoms with E-state index in [1.807, 2.05) is 73.3 Å². The van der Waals surface area contributed by atoms with Gasteiger partial charge in [0, 0.05) is 18.1 Å². The van der Waals surface area contributed by atoms with Crippen molar-refractivity contribution >= 4 is 29.0 Å². The van der Waals surface area contributed by atoms with E-state index < -0.39 is 0 Å². The van der Waals surface area contributed by atoms with E-state index in [1.165, 1.54) is 4.90 Å². The number of halogens is 1. The average Bonchev–Trinajstić information content (AvgIpc) is 3.05. The first kappa shape index (κ1) is 21.8. The van der Waals surface area contributed by atoms with E-state index in [2.05, 4.69) is 0 Å². The van der Waals surface area contributed by atoms with E-state index in [0.29, 0.717) is 34.9 Å². The Balaban J connectivity index is 1.75. The number of aryl methyl sites for hydroxylation is 1. The summed E-state index contributed by atoms with van der Waals surface area (Å²) in [6, 6.07) is 24.9. The van der Waals surface area contributed by atoms with Gasteiger partial charge in [0.25, 0.3) is 11.8 Å². The Morgan fingerprint density at radius 1 is 0.812 bits per heavy atom. The van der Waals surface area contributed by atoms with Gasteiger partial charge >= 0.3 is 0 Å². The number of hydrogen-bond donors (Lipinski definition) is 0. The van der Waals surface area contributed by atoms with Crippen LogP contribution in [0.3, 0.4) is 0 Å². The van der Waals surface area contributed by atoms with Crippen LogP contribution < -0.4 is 0 Å². The van der Waals surface area contributed by atoms with Crippen molar-refractivity contribution in [1.29, 1.82) is 0 Å². The SMILES string of the molecule is CCN(Cc1ccccc1)C1=C(c2ccc(Cl)cc2)C(=O)N(Cc2ccc(C)cc2)C1=O. The van der Waals surface area contributed by atoms with E-state index in [9.17, 15) is 9.59 Å². The van der Waals surface area contributed by atoms with Crippen molar-refractivity contribution in [3.8, 4) is 0 Å². The van der Waals surface area contributed by atoms with Gasteiger partial charge in [0.15, 0.2) is 0 Å². The minimum absolute atomic E-state index is 0.238. The number of nitrogens with zero attached hydrogens (tertiary/aromatic N) is 2. The number of rotatable bonds is 7. The van der Waals surface area contributed by atoms with Gasteiger partial charge < -0.3 is 4.90 Å². The van der Waals surface area contributed by atoms with Crippen LogP contribution in [-0.4, -0.2) is 28.2 Å². The van der Waals surface area contributed by atoms with Gasteiger partial charge in [-0.2, -0.15) is 0 Å². The van der Waals surface area contributed by atoms with Crippen molar-refractivity contribution in [2.45, 2.75) is 26.9 Å². The number of carbonyl (C=O) groups excluding carboxylic acids is 2. The zero-order valence-corrected chi connectivity index (χ0v) is 19.0. The lowest BCUT2D eigenvalue weighted by molar-refractivity contribution is -0.138. The molecule has 4 rings (SSSR count). The van der Waals surface area contributed by atoms with Crippen LogP contribution in [0, 0.1) is 6.92 Å². The highest BCUT2D eigenvalue weighted by atomic mass is 35.5. The summed E-state index contributed by atoms with van der Waals surface area (Å²) in [4.78, 5) is 30.5. The lowest BCUT2D eigenvalue weighted by Crippen LogP contribution is -2.34. The maximum absolute atomic E-state index is 13.6. The second-order valence-electron chi connectivity index (χ2n) is 7.91. The molecule has 0 bridgehead atoms. The largest absolute Gasteiger partial charge is 0.362 e. The smallest absolute Gasteiger partial charge is 0.278 e. The van der Waals surface area contributed by atoms with Gasteiger partial charge in [0.2, 0.25) is 0 Å². The normalized spacial score (nSPS) is 13.8. The van der Waals surface area contributed by atoms with Crippen LogP contribution in [0.4, 0.5) is 0 Å². The molecule has 0 fully saturated rings.